The number of morpholine rings is 1. The predicted octanol–water partition coefficient (Wildman–Crippen LogP) is 2.30. The van der Waals surface area contributed by atoms with Crippen LogP contribution in [-0.2, 0) is 4.74 Å². The minimum Gasteiger partial charge on any atom is -0.497 e. The highest BCUT2D eigenvalue weighted by atomic mass is 16.5. The first-order chi connectivity index (χ1) is 10.3. The Morgan fingerprint density at radius 1 is 1.10 bits per heavy atom. The number of anilines is 1. The first-order valence-electron chi connectivity index (χ1n) is 7.09. The second kappa shape index (κ2) is 6.10. The van der Waals surface area contributed by atoms with E-state index in [9.17, 15) is 0 Å². The largest absolute Gasteiger partial charge is 0.497 e. The van der Waals surface area contributed by atoms with E-state index in [0.717, 1.165) is 55.0 Å². The molecule has 5 heteroatoms. The number of aryl methyl sites for hydroxylation is 1. The Labute approximate surface area is 124 Å². The highest BCUT2D eigenvalue weighted by Gasteiger charge is 2.14. The average molecular weight is 285 g/mol. The fourth-order valence-corrected chi connectivity index (χ4v) is 2.42. The molecule has 1 fully saturated rings. The fraction of sp³-hybridized carbons (Fsp3) is 0.375. The van der Waals surface area contributed by atoms with Crippen molar-refractivity contribution in [2.45, 2.75) is 6.92 Å². The van der Waals surface area contributed by atoms with Gasteiger partial charge in [0.05, 0.1) is 26.0 Å². The monoisotopic (exact) mass is 285 g/mol. The Kier molecular flexibility index (Phi) is 4.01. The Morgan fingerprint density at radius 2 is 1.81 bits per heavy atom. The van der Waals surface area contributed by atoms with Crippen molar-refractivity contribution in [1.29, 1.82) is 0 Å². The summed E-state index contributed by atoms with van der Waals surface area (Å²) < 4.78 is 10.6. The van der Waals surface area contributed by atoms with Crippen LogP contribution < -0.4 is 9.64 Å². The smallest absolute Gasteiger partial charge is 0.133 e. The Bertz CT molecular complexity index is 607. The summed E-state index contributed by atoms with van der Waals surface area (Å²) in [5.74, 6) is 2.60. The minimum atomic E-state index is 0.751. The standard InChI is InChI=1S/C16H19N3O2/c1-12-17-15(13-3-5-14(20-2)6-4-13)11-16(18-12)19-7-9-21-10-8-19/h3-6,11H,7-10H2,1-2H3. The van der Waals surface area contributed by atoms with Gasteiger partial charge in [-0.3, -0.25) is 0 Å². The van der Waals surface area contributed by atoms with Crippen LogP contribution in [-0.4, -0.2) is 43.4 Å². The van der Waals surface area contributed by atoms with Gasteiger partial charge in [-0.2, -0.15) is 0 Å². The number of hydrogen-bond donors (Lipinski definition) is 0. The van der Waals surface area contributed by atoms with Crippen LogP contribution in [0.2, 0.25) is 0 Å². The van der Waals surface area contributed by atoms with Gasteiger partial charge in [0.15, 0.2) is 0 Å². The van der Waals surface area contributed by atoms with E-state index in [1.54, 1.807) is 7.11 Å². The lowest BCUT2D eigenvalue weighted by atomic mass is 10.1. The molecule has 1 aromatic heterocycles. The topological polar surface area (TPSA) is 47.5 Å². The van der Waals surface area contributed by atoms with Crippen molar-refractivity contribution < 1.29 is 9.47 Å². The van der Waals surface area contributed by atoms with Gasteiger partial charge >= 0.3 is 0 Å². The summed E-state index contributed by atoms with van der Waals surface area (Å²) in [5, 5.41) is 0. The van der Waals surface area contributed by atoms with E-state index in [2.05, 4.69) is 14.9 Å². The van der Waals surface area contributed by atoms with Gasteiger partial charge in [0, 0.05) is 24.7 Å². The Morgan fingerprint density at radius 3 is 2.48 bits per heavy atom. The van der Waals surface area contributed by atoms with Gasteiger partial charge in [0.2, 0.25) is 0 Å². The van der Waals surface area contributed by atoms with E-state index in [1.807, 2.05) is 37.3 Å². The van der Waals surface area contributed by atoms with Crippen LogP contribution in [0.15, 0.2) is 30.3 Å². The fourth-order valence-electron chi connectivity index (χ4n) is 2.42. The van der Waals surface area contributed by atoms with Crippen LogP contribution in [0, 0.1) is 6.92 Å². The van der Waals surface area contributed by atoms with Gasteiger partial charge in [-0.05, 0) is 31.2 Å². The van der Waals surface area contributed by atoms with E-state index >= 15 is 0 Å². The molecule has 0 N–H and O–H groups in total. The van der Waals surface area contributed by atoms with Crippen molar-refractivity contribution >= 4 is 5.82 Å². The lowest BCUT2D eigenvalue weighted by Gasteiger charge is -2.28. The highest BCUT2D eigenvalue weighted by molar-refractivity contribution is 5.63. The van der Waals surface area contributed by atoms with Crippen LogP contribution in [0.1, 0.15) is 5.82 Å². The van der Waals surface area contributed by atoms with E-state index < -0.39 is 0 Å². The van der Waals surface area contributed by atoms with Gasteiger partial charge in [-0.25, -0.2) is 9.97 Å². The van der Waals surface area contributed by atoms with Crippen molar-refractivity contribution in [1.82, 2.24) is 9.97 Å². The molecule has 21 heavy (non-hydrogen) atoms. The third-order valence-electron chi connectivity index (χ3n) is 3.55. The molecule has 1 aliphatic rings. The molecular formula is C16H19N3O2. The maximum absolute atomic E-state index is 5.39. The number of hydrogen-bond acceptors (Lipinski definition) is 5. The SMILES string of the molecule is COc1ccc(-c2cc(N3CCOCC3)nc(C)n2)cc1. The van der Waals surface area contributed by atoms with Crippen LogP contribution in [0.3, 0.4) is 0 Å². The summed E-state index contributed by atoms with van der Waals surface area (Å²) in [4.78, 5) is 11.3. The Hall–Kier alpha value is -2.14. The van der Waals surface area contributed by atoms with Gasteiger partial charge in [0.1, 0.15) is 17.4 Å². The molecule has 2 heterocycles. The van der Waals surface area contributed by atoms with Gasteiger partial charge < -0.3 is 14.4 Å². The number of rotatable bonds is 3. The first-order valence-corrected chi connectivity index (χ1v) is 7.09. The van der Waals surface area contributed by atoms with Gasteiger partial charge in [-0.15, -0.1) is 0 Å². The summed E-state index contributed by atoms with van der Waals surface area (Å²) in [5.41, 5.74) is 2.00. The highest BCUT2D eigenvalue weighted by Crippen LogP contribution is 2.24. The first kappa shape index (κ1) is 13.8. The summed E-state index contributed by atoms with van der Waals surface area (Å²) in [7, 11) is 1.67. The molecular weight excluding hydrogens is 266 g/mol. The molecule has 0 unspecified atom stereocenters. The predicted molar refractivity (Wildman–Crippen MR) is 81.8 cm³/mol. The molecule has 0 amide bonds. The van der Waals surface area contributed by atoms with E-state index in [4.69, 9.17) is 9.47 Å². The second-order valence-electron chi connectivity index (χ2n) is 4.99. The quantitative estimate of drug-likeness (QED) is 0.866. The summed E-state index contributed by atoms with van der Waals surface area (Å²) in [6.45, 7) is 5.18. The number of benzene rings is 1. The van der Waals surface area contributed by atoms with Crippen molar-refractivity contribution in [3.05, 3.63) is 36.2 Å². The van der Waals surface area contributed by atoms with Crippen molar-refractivity contribution in [3.8, 4) is 17.0 Å². The van der Waals surface area contributed by atoms with Crippen LogP contribution in [0.25, 0.3) is 11.3 Å². The molecule has 1 saturated heterocycles. The minimum absolute atomic E-state index is 0.751. The molecule has 1 aliphatic heterocycles. The number of aromatic nitrogens is 2. The molecule has 0 atom stereocenters. The van der Waals surface area contributed by atoms with Crippen molar-refractivity contribution in [3.63, 3.8) is 0 Å². The summed E-state index contributed by atoms with van der Waals surface area (Å²) in [6, 6.07) is 9.97. The Balaban J connectivity index is 1.92. The second-order valence-corrected chi connectivity index (χ2v) is 4.99. The zero-order valence-electron chi connectivity index (χ0n) is 12.4. The molecule has 0 spiro atoms. The third-order valence-corrected chi connectivity index (χ3v) is 3.55. The zero-order valence-corrected chi connectivity index (χ0v) is 12.4. The van der Waals surface area contributed by atoms with Gasteiger partial charge in [0.25, 0.3) is 0 Å². The van der Waals surface area contributed by atoms with Crippen molar-refractivity contribution in [2.75, 3.05) is 38.3 Å². The normalized spacial score (nSPS) is 15.0. The number of nitrogens with zero attached hydrogens (tertiary/aromatic N) is 3. The van der Waals surface area contributed by atoms with E-state index in [1.165, 1.54) is 0 Å². The van der Waals surface area contributed by atoms with Crippen LogP contribution in [0.4, 0.5) is 5.82 Å². The van der Waals surface area contributed by atoms with Gasteiger partial charge in [-0.1, -0.05) is 0 Å². The molecule has 110 valence electrons. The third kappa shape index (κ3) is 3.13. The molecule has 5 nitrogen and oxygen atoms in total. The maximum atomic E-state index is 5.39. The summed E-state index contributed by atoms with van der Waals surface area (Å²) >= 11 is 0. The molecule has 0 saturated carbocycles. The van der Waals surface area contributed by atoms with Crippen LogP contribution in [0.5, 0.6) is 5.75 Å². The van der Waals surface area contributed by atoms with E-state index in [0.29, 0.717) is 0 Å². The number of ether oxygens (including phenoxy) is 2. The zero-order chi connectivity index (χ0) is 14.7. The lowest BCUT2D eigenvalue weighted by molar-refractivity contribution is 0.122. The van der Waals surface area contributed by atoms with Crippen molar-refractivity contribution in [2.24, 2.45) is 0 Å². The molecule has 0 aliphatic carbocycles. The lowest BCUT2D eigenvalue weighted by Crippen LogP contribution is -2.36. The molecule has 0 radical (unpaired) electrons. The van der Waals surface area contributed by atoms with E-state index in [-0.39, 0.29) is 0 Å². The molecule has 0 bridgehead atoms. The molecule has 1 aromatic carbocycles. The van der Waals surface area contributed by atoms with Crippen LogP contribution >= 0.6 is 0 Å². The average Bonchev–Trinajstić information content (AvgIpc) is 2.55. The molecule has 3 rings (SSSR count). The number of methoxy groups -OCH3 is 1. The maximum Gasteiger partial charge on any atom is 0.133 e. The summed E-state index contributed by atoms with van der Waals surface area (Å²) in [6.07, 6.45) is 0. The molecule has 2 aromatic rings.